The number of aromatic nitrogens is 2. The van der Waals surface area contributed by atoms with Gasteiger partial charge in [-0.25, -0.2) is 4.98 Å². The number of hydrogen-bond donors (Lipinski definition) is 1. The number of fused-ring (bicyclic) bond motifs is 1. The van der Waals surface area contributed by atoms with Crippen molar-refractivity contribution in [2.24, 2.45) is 0 Å². The summed E-state index contributed by atoms with van der Waals surface area (Å²) < 4.78 is 5.37. The highest BCUT2D eigenvalue weighted by atomic mass is 35.5. The smallest absolute Gasteiger partial charge is 0.259 e. The summed E-state index contributed by atoms with van der Waals surface area (Å²) in [5.74, 6) is 1.08. The standard InChI is InChI=1S/C11H11ClN2O2S/c12-3-8-13-10(15)9-7(5-17-11(9)14-8)6-1-2-16-4-6/h5-6H,1-4H2,(H,13,14,15). The Labute approximate surface area is 107 Å². The number of aromatic amines is 1. The van der Waals surface area contributed by atoms with Crippen LogP contribution in [0.5, 0.6) is 0 Å². The van der Waals surface area contributed by atoms with Crippen LogP contribution in [0.25, 0.3) is 10.2 Å². The number of rotatable bonds is 2. The molecule has 0 spiro atoms. The zero-order valence-corrected chi connectivity index (χ0v) is 10.6. The van der Waals surface area contributed by atoms with E-state index in [-0.39, 0.29) is 11.4 Å². The van der Waals surface area contributed by atoms with Crippen molar-refractivity contribution in [3.05, 3.63) is 27.1 Å². The van der Waals surface area contributed by atoms with Crippen LogP contribution < -0.4 is 5.56 Å². The first-order valence-corrected chi connectivity index (χ1v) is 6.85. The second-order valence-corrected chi connectivity index (χ2v) is 5.20. The highest BCUT2D eigenvalue weighted by Gasteiger charge is 2.23. The van der Waals surface area contributed by atoms with Crippen LogP contribution in [-0.4, -0.2) is 23.2 Å². The van der Waals surface area contributed by atoms with Gasteiger partial charge < -0.3 is 9.72 Å². The Morgan fingerprint density at radius 2 is 2.53 bits per heavy atom. The first-order valence-electron chi connectivity index (χ1n) is 5.43. The Bertz CT molecular complexity index is 601. The minimum absolute atomic E-state index is 0.0891. The number of alkyl halides is 1. The van der Waals surface area contributed by atoms with Crippen molar-refractivity contribution in [3.63, 3.8) is 0 Å². The number of thiophene rings is 1. The lowest BCUT2D eigenvalue weighted by molar-refractivity contribution is 0.194. The van der Waals surface area contributed by atoms with E-state index < -0.39 is 0 Å². The lowest BCUT2D eigenvalue weighted by atomic mass is 9.99. The minimum atomic E-state index is -0.0891. The van der Waals surface area contributed by atoms with Gasteiger partial charge in [0.1, 0.15) is 10.7 Å². The molecule has 0 amide bonds. The van der Waals surface area contributed by atoms with Gasteiger partial charge in [-0.2, -0.15) is 0 Å². The predicted molar refractivity (Wildman–Crippen MR) is 68.0 cm³/mol. The third-order valence-corrected chi connectivity index (χ3v) is 4.16. The van der Waals surface area contributed by atoms with Crippen molar-refractivity contribution in [2.45, 2.75) is 18.2 Å². The highest BCUT2D eigenvalue weighted by molar-refractivity contribution is 7.16. The van der Waals surface area contributed by atoms with E-state index in [0.717, 1.165) is 23.4 Å². The maximum atomic E-state index is 12.0. The molecule has 2 aromatic rings. The molecule has 17 heavy (non-hydrogen) atoms. The molecule has 6 heteroatoms. The molecule has 1 unspecified atom stereocenters. The molecule has 1 aliphatic rings. The molecule has 90 valence electrons. The van der Waals surface area contributed by atoms with Crippen LogP contribution >= 0.6 is 22.9 Å². The summed E-state index contributed by atoms with van der Waals surface area (Å²) in [5, 5.41) is 2.73. The Kier molecular flexibility index (Phi) is 2.90. The van der Waals surface area contributed by atoms with Crippen LogP contribution in [0.3, 0.4) is 0 Å². The largest absolute Gasteiger partial charge is 0.381 e. The van der Waals surface area contributed by atoms with E-state index in [9.17, 15) is 4.79 Å². The molecule has 1 saturated heterocycles. The summed E-state index contributed by atoms with van der Waals surface area (Å²) in [7, 11) is 0. The highest BCUT2D eigenvalue weighted by Crippen LogP contribution is 2.32. The summed E-state index contributed by atoms with van der Waals surface area (Å²) in [6.45, 7) is 1.47. The van der Waals surface area contributed by atoms with Crippen molar-refractivity contribution in [3.8, 4) is 0 Å². The first-order chi connectivity index (χ1) is 8.29. The number of hydrogen-bond acceptors (Lipinski definition) is 4. The second-order valence-electron chi connectivity index (χ2n) is 4.08. The summed E-state index contributed by atoms with van der Waals surface area (Å²) in [4.78, 5) is 19.8. The lowest BCUT2D eigenvalue weighted by Crippen LogP contribution is -2.12. The van der Waals surface area contributed by atoms with Crippen LogP contribution in [0, 0.1) is 0 Å². The fourth-order valence-electron chi connectivity index (χ4n) is 2.16. The predicted octanol–water partition coefficient (Wildman–Crippen LogP) is 2.23. The van der Waals surface area contributed by atoms with Crippen LogP contribution in [0.2, 0.25) is 0 Å². The summed E-state index contributed by atoms with van der Waals surface area (Å²) in [6, 6.07) is 0. The van der Waals surface area contributed by atoms with E-state index in [1.807, 2.05) is 5.38 Å². The molecular formula is C11H11ClN2O2S. The van der Waals surface area contributed by atoms with Gasteiger partial charge in [0.2, 0.25) is 0 Å². The van der Waals surface area contributed by atoms with Crippen LogP contribution in [0.15, 0.2) is 10.2 Å². The van der Waals surface area contributed by atoms with Gasteiger partial charge in [-0.3, -0.25) is 4.79 Å². The van der Waals surface area contributed by atoms with E-state index in [4.69, 9.17) is 16.3 Å². The van der Waals surface area contributed by atoms with Gasteiger partial charge >= 0.3 is 0 Å². The van der Waals surface area contributed by atoms with Crippen LogP contribution in [0.4, 0.5) is 0 Å². The first kappa shape index (κ1) is 11.2. The molecule has 0 aromatic carbocycles. The number of halogens is 1. The van der Waals surface area contributed by atoms with E-state index >= 15 is 0 Å². The van der Waals surface area contributed by atoms with Gasteiger partial charge in [0, 0.05) is 12.5 Å². The van der Waals surface area contributed by atoms with Gasteiger partial charge in [-0.1, -0.05) is 0 Å². The van der Waals surface area contributed by atoms with E-state index in [1.54, 1.807) is 0 Å². The summed E-state index contributed by atoms with van der Waals surface area (Å²) >= 11 is 7.18. The van der Waals surface area contributed by atoms with Crippen molar-refractivity contribution >= 4 is 33.2 Å². The SMILES string of the molecule is O=c1[nH]c(CCl)nc2scc(C3CCOC3)c12. The maximum absolute atomic E-state index is 12.0. The fraction of sp³-hybridized carbons (Fsp3) is 0.455. The molecule has 1 aliphatic heterocycles. The number of nitrogens with one attached hydrogen (secondary N) is 1. The molecule has 3 rings (SSSR count). The topological polar surface area (TPSA) is 55.0 Å². The average Bonchev–Trinajstić information content (AvgIpc) is 2.96. The number of ether oxygens (including phenoxy) is 1. The maximum Gasteiger partial charge on any atom is 0.259 e. The molecule has 1 N–H and O–H groups in total. The van der Waals surface area contributed by atoms with E-state index in [2.05, 4.69) is 9.97 Å². The molecule has 0 radical (unpaired) electrons. The molecule has 4 nitrogen and oxygen atoms in total. The van der Waals surface area contributed by atoms with E-state index in [0.29, 0.717) is 23.7 Å². The Morgan fingerprint density at radius 1 is 1.65 bits per heavy atom. The van der Waals surface area contributed by atoms with Gasteiger partial charge in [0.25, 0.3) is 5.56 Å². The van der Waals surface area contributed by atoms with Gasteiger partial charge in [0.05, 0.1) is 17.9 Å². The average molecular weight is 271 g/mol. The summed E-state index contributed by atoms with van der Waals surface area (Å²) in [6.07, 6.45) is 0.975. The third kappa shape index (κ3) is 1.88. The zero-order chi connectivity index (χ0) is 11.8. The van der Waals surface area contributed by atoms with Gasteiger partial charge in [-0.05, 0) is 17.4 Å². The summed E-state index contributed by atoms with van der Waals surface area (Å²) in [5.41, 5.74) is 0.978. The molecule has 1 fully saturated rings. The van der Waals surface area contributed by atoms with Crippen molar-refractivity contribution < 1.29 is 4.74 Å². The molecule has 3 heterocycles. The lowest BCUT2D eigenvalue weighted by Gasteiger charge is -2.05. The molecule has 1 atom stereocenters. The molecular weight excluding hydrogens is 260 g/mol. The number of H-pyrrole nitrogens is 1. The molecule has 2 aromatic heterocycles. The number of nitrogens with zero attached hydrogens (tertiary/aromatic N) is 1. The monoisotopic (exact) mass is 270 g/mol. The second kappa shape index (κ2) is 4.40. The Morgan fingerprint density at radius 3 is 3.24 bits per heavy atom. The normalized spacial score (nSPS) is 20.2. The van der Waals surface area contributed by atoms with Crippen molar-refractivity contribution in [1.82, 2.24) is 9.97 Å². The fourth-order valence-corrected chi connectivity index (χ4v) is 3.33. The molecule has 0 saturated carbocycles. The van der Waals surface area contributed by atoms with E-state index in [1.165, 1.54) is 11.3 Å². The molecule has 0 aliphatic carbocycles. The minimum Gasteiger partial charge on any atom is -0.381 e. The van der Waals surface area contributed by atoms with Crippen LogP contribution in [-0.2, 0) is 10.6 Å². The van der Waals surface area contributed by atoms with Crippen molar-refractivity contribution in [1.29, 1.82) is 0 Å². The third-order valence-electron chi connectivity index (χ3n) is 3.02. The van der Waals surface area contributed by atoms with Gasteiger partial charge in [0.15, 0.2) is 0 Å². The van der Waals surface area contributed by atoms with Crippen molar-refractivity contribution in [2.75, 3.05) is 13.2 Å². The quantitative estimate of drug-likeness (QED) is 0.852. The Hall–Kier alpha value is -0.910. The van der Waals surface area contributed by atoms with Gasteiger partial charge in [-0.15, -0.1) is 22.9 Å². The molecule has 0 bridgehead atoms. The zero-order valence-electron chi connectivity index (χ0n) is 9.03. The van der Waals surface area contributed by atoms with Crippen LogP contribution in [0.1, 0.15) is 23.7 Å². The Balaban J connectivity index is 2.18.